The summed E-state index contributed by atoms with van der Waals surface area (Å²) in [5.41, 5.74) is 0. The number of carbonyl (C=O) groups is 1. The predicted molar refractivity (Wildman–Crippen MR) is 121 cm³/mol. The quantitative estimate of drug-likeness (QED) is 0.205. The molecule has 10 nitrogen and oxygen atoms in total. The number of hydrogen-bond acceptors (Lipinski definition) is 9. The molecule has 0 radical (unpaired) electrons. The van der Waals surface area contributed by atoms with Gasteiger partial charge in [-0.3, -0.25) is 10.0 Å². The van der Waals surface area contributed by atoms with E-state index >= 15 is 0 Å². The lowest BCUT2D eigenvalue weighted by Crippen LogP contribution is -2.47. The Hall–Kier alpha value is -2.70. The summed E-state index contributed by atoms with van der Waals surface area (Å²) in [5.74, 6) is 0.182. The third-order valence-electron chi connectivity index (χ3n) is 5.10. The Bertz CT molecular complexity index is 1040. The average molecular weight is 496 g/mol. The third kappa shape index (κ3) is 6.90. The Kier molecular flexibility index (Phi) is 8.50. The molecule has 0 aliphatic carbocycles. The van der Waals surface area contributed by atoms with Crippen LogP contribution in [0.1, 0.15) is 13.8 Å². The zero-order chi connectivity index (χ0) is 24.8. The van der Waals surface area contributed by atoms with Gasteiger partial charge in [-0.05, 0) is 62.4 Å². The molecule has 1 aliphatic rings. The Morgan fingerprint density at radius 1 is 1.09 bits per heavy atom. The van der Waals surface area contributed by atoms with Crippen molar-refractivity contribution in [3.8, 4) is 17.2 Å². The lowest BCUT2D eigenvalue weighted by atomic mass is 10.2. The highest BCUT2D eigenvalue weighted by molar-refractivity contribution is 7.91. The van der Waals surface area contributed by atoms with E-state index in [4.69, 9.17) is 23.7 Å². The number of hydrogen-bond donors (Lipinski definition) is 1. The van der Waals surface area contributed by atoms with Crippen molar-refractivity contribution < 1.29 is 42.1 Å². The maximum Gasteiger partial charge on any atom is 0.233 e. The molecular formula is C23H29NO9S. The summed E-state index contributed by atoms with van der Waals surface area (Å²) in [6, 6.07) is 11.7. The highest BCUT2D eigenvalue weighted by atomic mass is 32.2. The van der Waals surface area contributed by atoms with Crippen LogP contribution in [-0.4, -0.2) is 75.7 Å². The van der Waals surface area contributed by atoms with Crippen LogP contribution < -0.4 is 9.47 Å². The number of amides is 1. The fourth-order valence-electron chi connectivity index (χ4n) is 3.36. The number of benzene rings is 2. The number of methoxy groups -OCH3 is 1. The van der Waals surface area contributed by atoms with Crippen molar-refractivity contribution in [3.63, 3.8) is 0 Å². The number of carbonyl (C=O) groups excluding carboxylic acids is 1. The molecule has 1 heterocycles. The summed E-state index contributed by atoms with van der Waals surface area (Å²) >= 11 is 0. The van der Waals surface area contributed by atoms with Crippen molar-refractivity contribution >= 4 is 16.2 Å². The van der Waals surface area contributed by atoms with Crippen LogP contribution in [0.2, 0.25) is 0 Å². The monoisotopic (exact) mass is 495 g/mol. The van der Waals surface area contributed by atoms with Crippen LogP contribution in [-0.2, 0) is 28.8 Å². The van der Waals surface area contributed by atoms with E-state index in [9.17, 15) is 18.4 Å². The molecule has 11 heteroatoms. The molecule has 186 valence electrons. The number of sulfone groups is 1. The molecule has 0 saturated carbocycles. The van der Waals surface area contributed by atoms with E-state index in [-0.39, 0.29) is 17.9 Å². The van der Waals surface area contributed by atoms with Gasteiger partial charge in [0.2, 0.25) is 6.41 Å². The Morgan fingerprint density at radius 2 is 1.68 bits per heavy atom. The van der Waals surface area contributed by atoms with Gasteiger partial charge in [-0.25, -0.2) is 13.5 Å². The summed E-state index contributed by atoms with van der Waals surface area (Å²) in [4.78, 5) is 11.2. The van der Waals surface area contributed by atoms with E-state index in [1.807, 2.05) is 0 Å². The lowest BCUT2D eigenvalue weighted by molar-refractivity contribution is -0.182. The fourth-order valence-corrected chi connectivity index (χ4v) is 4.92. The van der Waals surface area contributed by atoms with Crippen LogP contribution in [0.4, 0.5) is 0 Å². The van der Waals surface area contributed by atoms with E-state index in [2.05, 4.69) is 0 Å². The van der Waals surface area contributed by atoms with Gasteiger partial charge in [0.15, 0.2) is 15.6 Å². The number of ether oxygens (including phenoxy) is 5. The van der Waals surface area contributed by atoms with Crippen LogP contribution in [0.3, 0.4) is 0 Å². The van der Waals surface area contributed by atoms with Crippen LogP contribution >= 0.6 is 0 Å². The van der Waals surface area contributed by atoms with Gasteiger partial charge in [0.1, 0.15) is 36.0 Å². The molecular weight excluding hydrogens is 466 g/mol. The van der Waals surface area contributed by atoms with Gasteiger partial charge in [0.05, 0.1) is 23.9 Å². The van der Waals surface area contributed by atoms with Crippen molar-refractivity contribution in [3.05, 3.63) is 48.5 Å². The second-order valence-electron chi connectivity index (χ2n) is 8.09. The Balaban J connectivity index is 1.66. The first-order valence-corrected chi connectivity index (χ1v) is 12.3. The molecule has 3 rings (SSSR count). The van der Waals surface area contributed by atoms with Crippen LogP contribution in [0.5, 0.6) is 17.2 Å². The van der Waals surface area contributed by atoms with E-state index in [1.165, 1.54) is 24.3 Å². The highest BCUT2D eigenvalue weighted by Crippen LogP contribution is 2.29. The fraction of sp³-hybridized carbons (Fsp3) is 0.435. The van der Waals surface area contributed by atoms with Crippen molar-refractivity contribution in [1.82, 2.24) is 5.06 Å². The molecule has 0 bridgehead atoms. The van der Waals surface area contributed by atoms with Gasteiger partial charge in [0, 0.05) is 7.11 Å². The number of nitrogens with zero attached hydrogens (tertiary/aromatic N) is 1. The van der Waals surface area contributed by atoms with Crippen LogP contribution in [0.25, 0.3) is 0 Å². The predicted octanol–water partition coefficient (Wildman–Crippen LogP) is 2.65. The molecule has 1 saturated heterocycles. The lowest BCUT2D eigenvalue weighted by Gasteiger charge is -2.27. The normalized spacial score (nSPS) is 18.3. The SMILES string of the molecule is COCCOc1ccc(Oc2ccc(S(=O)(=O)C[C@H]([C@H]3COC(C)(C)O3)N(O)C=O)cc2)cc1. The maximum atomic E-state index is 13.0. The largest absolute Gasteiger partial charge is 0.491 e. The minimum Gasteiger partial charge on any atom is -0.491 e. The van der Waals surface area contributed by atoms with Gasteiger partial charge in [0.25, 0.3) is 0 Å². The second-order valence-corrected chi connectivity index (χ2v) is 10.1. The molecule has 34 heavy (non-hydrogen) atoms. The van der Waals surface area contributed by atoms with Gasteiger partial charge in [-0.2, -0.15) is 0 Å². The van der Waals surface area contributed by atoms with E-state index < -0.39 is 33.5 Å². The van der Waals surface area contributed by atoms with Gasteiger partial charge in [-0.1, -0.05) is 0 Å². The van der Waals surface area contributed by atoms with Crippen molar-refractivity contribution in [2.24, 2.45) is 0 Å². The molecule has 2 aromatic rings. The zero-order valence-corrected chi connectivity index (χ0v) is 20.1. The molecule has 1 amide bonds. The average Bonchev–Trinajstić information content (AvgIpc) is 3.18. The third-order valence-corrected chi connectivity index (χ3v) is 6.87. The van der Waals surface area contributed by atoms with Crippen molar-refractivity contribution in [2.75, 3.05) is 32.7 Å². The molecule has 0 unspecified atom stereocenters. The molecule has 1 N–H and O–H groups in total. The molecule has 2 atom stereocenters. The van der Waals surface area contributed by atoms with E-state index in [0.29, 0.717) is 35.5 Å². The van der Waals surface area contributed by atoms with Crippen molar-refractivity contribution in [1.29, 1.82) is 0 Å². The minimum atomic E-state index is -3.87. The summed E-state index contributed by atoms with van der Waals surface area (Å²) in [6.07, 6.45) is -0.649. The molecule has 0 spiro atoms. The van der Waals surface area contributed by atoms with Gasteiger partial charge >= 0.3 is 0 Å². The second kappa shape index (κ2) is 11.2. The first-order chi connectivity index (χ1) is 16.1. The molecule has 1 fully saturated rings. The van der Waals surface area contributed by atoms with Gasteiger partial charge < -0.3 is 23.7 Å². The topological polar surface area (TPSA) is 121 Å². The first kappa shape index (κ1) is 25.9. The summed E-state index contributed by atoms with van der Waals surface area (Å²) < 4.78 is 53.3. The summed E-state index contributed by atoms with van der Waals surface area (Å²) in [5, 5.41) is 10.3. The Morgan fingerprint density at radius 3 is 2.21 bits per heavy atom. The van der Waals surface area contributed by atoms with E-state index in [0.717, 1.165) is 0 Å². The first-order valence-electron chi connectivity index (χ1n) is 10.6. The maximum absolute atomic E-state index is 13.0. The molecule has 0 aromatic heterocycles. The van der Waals surface area contributed by atoms with Gasteiger partial charge in [-0.15, -0.1) is 0 Å². The minimum absolute atomic E-state index is 0.0178. The smallest absolute Gasteiger partial charge is 0.233 e. The zero-order valence-electron chi connectivity index (χ0n) is 19.2. The Labute approximate surface area is 198 Å². The molecule has 2 aromatic carbocycles. The van der Waals surface area contributed by atoms with Crippen molar-refractivity contribution in [2.45, 2.75) is 36.7 Å². The summed E-state index contributed by atoms with van der Waals surface area (Å²) in [6.45, 7) is 4.30. The summed E-state index contributed by atoms with van der Waals surface area (Å²) in [7, 11) is -2.28. The highest BCUT2D eigenvalue weighted by Gasteiger charge is 2.41. The number of rotatable bonds is 12. The van der Waals surface area contributed by atoms with Crippen LogP contribution in [0, 0.1) is 0 Å². The van der Waals surface area contributed by atoms with Crippen LogP contribution in [0.15, 0.2) is 53.4 Å². The number of hydroxylamine groups is 2. The molecule has 1 aliphatic heterocycles. The standard InChI is InChI=1S/C23H29NO9S/c1-23(2)31-14-22(33-23)21(24(26)16-25)15-34(27,28)20-10-8-19(9-11-20)32-18-6-4-17(5-7-18)30-13-12-29-3/h4-11,16,21-22,26H,12-15H2,1-3H3/t21-,22-/m1/s1. The van der Waals surface area contributed by atoms with E-state index in [1.54, 1.807) is 45.2 Å².